The second-order valence-electron chi connectivity index (χ2n) is 12.7. The lowest BCUT2D eigenvalue weighted by atomic mass is 9.76. The second-order valence-corrected chi connectivity index (χ2v) is 12.7. The molecular weight excluding hydrogens is 608 g/mol. The number of benzene rings is 2. The van der Waals surface area contributed by atoms with Crippen LogP contribution in [-0.4, -0.2) is 90.9 Å². The number of carboxylic acid groups (broad SMARTS) is 1. The monoisotopic (exact) mass is 651 g/mol. The van der Waals surface area contributed by atoms with Crippen molar-refractivity contribution in [2.45, 2.75) is 56.7 Å². The molecule has 3 heterocycles. The molecule has 3 atom stereocenters. The van der Waals surface area contributed by atoms with Gasteiger partial charge in [0.1, 0.15) is 11.3 Å². The molecule has 0 amide bonds. The van der Waals surface area contributed by atoms with E-state index >= 15 is 0 Å². The molecule has 0 bridgehead atoms. The summed E-state index contributed by atoms with van der Waals surface area (Å²) in [4.78, 5) is 20.7. The van der Waals surface area contributed by atoms with E-state index in [-0.39, 0.29) is 31.8 Å². The quantitative estimate of drug-likeness (QED) is 0.232. The number of carbonyl (C=O) groups is 1. The molecule has 1 N–H and O–H groups in total. The number of rotatable bonds is 12. The molecule has 2 aromatic carbocycles. The maximum atomic E-state index is 14.3. The third-order valence-corrected chi connectivity index (χ3v) is 9.62. The van der Waals surface area contributed by atoms with Crippen molar-refractivity contribution in [3.63, 3.8) is 0 Å². The summed E-state index contributed by atoms with van der Waals surface area (Å²) in [5.41, 5.74) is 3.03. The van der Waals surface area contributed by atoms with Gasteiger partial charge in [-0.2, -0.15) is 0 Å². The third kappa shape index (κ3) is 7.43. The van der Waals surface area contributed by atoms with Crippen LogP contribution in [0, 0.1) is 5.92 Å². The number of likely N-dealkylation sites (tertiary alicyclic amines) is 1. The standard InChI is InChI=1S/C36H43F2N3O6/c1-25-29(26-8-4-3-5-9-26)10-6-11-36(25,46-17-7-13-40-15-18-45-19-16-40)34-39-30-20-27(31(44-2)22-32(30)47-34)24-41-14-12-35(37,38)23-28(41)21-33(42)43/h3-6,8-11,20,22,25,28H,7,12-19,21,23-24H2,1-2H3,(H,42,43). The number of methoxy groups -OCH3 is 1. The molecule has 0 radical (unpaired) electrons. The molecule has 3 unspecified atom stereocenters. The van der Waals surface area contributed by atoms with Crippen LogP contribution in [0.4, 0.5) is 8.78 Å². The van der Waals surface area contributed by atoms with Crippen LogP contribution in [0.15, 0.2) is 65.1 Å². The Morgan fingerprint density at radius 1 is 1.15 bits per heavy atom. The number of aliphatic carboxylic acids is 1. The Morgan fingerprint density at radius 2 is 1.94 bits per heavy atom. The number of allylic oxidation sites excluding steroid dienone is 2. The summed E-state index contributed by atoms with van der Waals surface area (Å²) in [6.45, 7) is 7.15. The average Bonchev–Trinajstić information content (AvgIpc) is 3.48. The summed E-state index contributed by atoms with van der Waals surface area (Å²) in [5.74, 6) is -3.19. The summed E-state index contributed by atoms with van der Waals surface area (Å²) in [5, 5.41) is 9.42. The number of aromatic nitrogens is 1. The van der Waals surface area contributed by atoms with E-state index in [2.05, 4.69) is 30.0 Å². The predicted molar refractivity (Wildman–Crippen MR) is 173 cm³/mol. The zero-order chi connectivity index (χ0) is 33.0. The Morgan fingerprint density at radius 3 is 2.68 bits per heavy atom. The maximum Gasteiger partial charge on any atom is 0.304 e. The van der Waals surface area contributed by atoms with Gasteiger partial charge in [-0.15, -0.1) is 0 Å². The van der Waals surface area contributed by atoms with E-state index in [1.54, 1.807) is 18.1 Å². The second kappa shape index (κ2) is 14.2. The molecule has 0 spiro atoms. The average molecular weight is 652 g/mol. The van der Waals surface area contributed by atoms with Crippen LogP contribution >= 0.6 is 0 Å². The number of fused-ring (bicyclic) bond motifs is 1. The van der Waals surface area contributed by atoms with Gasteiger partial charge in [0.25, 0.3) is 5.92 Å². The lowest BCUT2D eigenvalue weighted by Crippen LogP contribution is -2.47. The number of oxazole rings is 1. The van der Waals surface area contributed by atoms with Gasteiger partial charge >= 0.3 is 5.97 Å². The summed E-state index contributed by atoms with van der Waals surface area (Å²) < 4.78 is 53.0. The molecule has 3 aliphatic rings. The summed E-state index contributed by atoms with van der Waals surface area (Å²) >= 11 is 0. The zero-order valence-corrected chi connectivity index (χ0v) is 27.0. The number of halogens is 2. The van der Waals surface area contributed by atoms with Crippen molar-refractivity contribution in [1.29, 1.82) is 0 Å². The van der Waals surface area contributed by atoms with Gasteiger partial charge in [0.05, 0.1) is 26.7 Å². The van der Waals surface area contributed by atoms with Crippen LogP contribution in [0.2, 0.25) is 0 Å². The van der Waals surface area contributed by atoms with E-state index < -0.39 is 30.0 Å². The Hall–Kier alpha value is -3.64. The van der Waals surface area contributed by atoms with Crippen molar-refractivity contribution in [3.8, 4) is 5.75 Å². The van der Waals surface area contributed by atoms with Gasteiger partial charge in [-0.25, -0.2) is 13.8 Å². The first kappa shape index (κ1) is 33.3. The highest BCUT2D eigenvalue weighted by Crippen LogP contribution is 2.46. The molecule has 1 aromatic heterocycles. The highest BCUT2D eigenvalue weighted by Gasteiger charge is 2.45. The minimum atomic E-state index is -2.89. The van der Waals surface area contributed by atoms with Crippen LogP contribution in [0.25, 0.3) is 16.7 Å². The number of nitrogens with zero attached hydrogens (tertiary/aromatic N) is 3. The first-order valence-corrected chi connectivity index (χ1v) is 16.4. The smallest absolute Gasteiger partial charge is 0.304 e. The van der Waals surface area contributed by atoms with Gasteiger partial charge in [0, 0.05) is 75.8 Å². The molecule has 2 fully saturated rings. The number of piperidine rings is 1. The van der Waals surface area contributed by atoms with Crippen molar-refractivity contribution >= 4 is 22.6 Å². The van der Waals surface area contributed by atoms with Crippen molar-refractivity contribution < 1.29 is 37.3 Å². The van der Waals surface area contributed by atoms with Gasteiger partial charge in [0.15, 0.2) is 11.2 Å². The highest BCUT2D eigenvalue weighted by atomic mass is 19.3. The molecule has 47 heavy (non-hydrogen) atoms. The lowest BCUT2D eigenvalue weighted by molar-refractivity contribution is -0.141. The molecule has 9 nitrogen and oxygen atoms in total. The number of hydrogen-bond acceptors (Lipinski definition) is 8. The fourth-order valence-corrected chi connectivity index (χ4v) is 7.01. The van der Waals surface area contributed by atoms with Crippen LogP contribution in [0.5, 0.6) is 5.75 Å². The fraction of sp³-hybridized carbons (Fsp3) is 0.500. The van der Waals surface area contributed by atoms with Crippen LogP contribution in [-0.2, 0) is 26.4 Å². The van der Waals surface area contributed by atoms with E-state index in [1.807, 2.05) is 36.4 Å². The van der Waals surface area contributed by atoms with Crippen LogP contribution in [0.1, 0.15) is 49.6 Å². The third-order valence-electron chi connectivity index (χ3n) is 9.62. The number of carboxylic acids is 1. The Bertz CT molecular complexity index is 1600. The van der Waals surface area contributed by atoms with Crippen molar-refractivity contribution in [1.82, 2.24) is 14.8 Å². The number of hydrogen-bond donors (Lipinski definition) is 1. The van der Waals surface area contributed by atoms with Gasteiger partial charge in [-0.3, -0.25) is 14.6 Å². The summed E-state index contributed by atoms with van der Waals surface area (Å²) in [6, 6.07) is 13.0. The molecule has 252 valence electrons. The van der Waals surface area contributed by atoms with E-state index in [0.717, 1.165) is 56.0 Å². The zero-order valence-electron chi connectivity index (χ0n) is 27.0. The van der Waals surface area contributed by atoms with E-state index in [9.17, 15) is 18.7 Å². The van der Waals surface area contributed by atoms with E-state index in [1.165, 1.54) is 0 Å². The number of ether oxygens (including phenoxy) is 3. The first-order valence-electron chi connectivity index (χ1n) is 16.4. The summed E-state index contributed by atoms with van der Waals surface area (Å²) in [6.07, 6.45) is 5.78. The number of alkyl halides is 2. The Kier molecular flexibility index (Phi) is 10.1. The molecule has 0 saturated carbocycles. The summed E-state index contributed by atoms with van der Waals surface area (Å²) in [7, 11) is 1.54. The molecule has 3 aromatic rings. The van der Waals surface area contributed by atoms with Crippen LogP contribution in [0.3, 0.4) is 0 Å². The largest absolute Gasteiger partial charge is 0.496 e. The number of morpholine rings is 1. The molecule has 2 aliphatic heterocycles. The maximum absolute atomic E-state index is 14.3. The molecule has 6 rings (SSSR count). The first-order chi connectivity index (χ1) is 22.7. The minimum Gasteiger partial charge on any atom is -0.496 e. The molecular formula is C36H43F2N3O6. The predicted octanol–water partition coefficient (Wildman–Crippen LogP) is 6.13. The van der Waals surface area contributed by atoms with Crippen LogP contribution < -0.4 is 4.74 Å². The van der Waals surface area contributed by atoms with Gasteiger partial charge in [-0.1, -0.05) is 49.4 Å². The van der Waals surface area contributed by atoms with Crippen molar-refractivity contribution in [2.24, 2.45) is 5.92 Å². The fourth-order valence-electron chi connectivity index (χ4n) is 7.01. The molecule has 11 heteroatoms. The van der Waals surface area contributed by atoms with Gasteiger partial charge < -0.3 is 23.7 Å². The van der Waals surface area contributed by atoms with Crippen molar-refractivity contribution in [3.05, 3.63) is 77.7 Å². The van der Waals surface area contributed by atoms with Gasteiger partial charge in [0.2, 0.25) is 5.89 Å². The SMILES string of the molecule is COc1cc2oc(C3(OCCCN4CCOCC4)C=CC=C(c4ccccc4)C3C)nc2cc1CN1CCC(F)(F)CC1CC(=O)O. The normalized spacial score (nSPS) is 25.1. The molecule has 2 saturated heterocycles. The topological polar surface area (TPSA) is 97.5 Å². The van der Waals surface area contributed by atoms with E-state index in [4.69, 9.17) is 23.6 Å². The lowest BCUT2D eigenvalue weighted by Gasteiger charge is -2.38. The Labute approximate surface area is 273 Å². The van der Waals surface area contributed by atoms with Gasteiger partial charge in [-0.05, 0) is 29.7 Å². The van der Waals surface area contributed by atoms with E-state index in [0.29, 0.717) is 29.3 Å². The highest BCUT2D eigenvalue weighted by molar-refractivity contribution is 5.77. The van der Waals surface area contributed by atoms with Crippen molar-refractivity contribution in [2.75, 3.05) is 53.1 Å². The molecule has 1 aliphatic carbocycles. The minimum absolute atomic E-state index is 0.0779. The Balaban J connectivity index is 1.30.